The number of fused-ring (bicyclic) bond motifs is 1. The molecule has 0 aliphatic rings. The monoisotopic (exact) mass is 238 g/mol. The van der Waals surface area contributed by atoms with Crippen LogP contribution in [0.4, 0.5) is 5.69 Å². The van der Waals surface area contributed by atoms with E-state index in [1.807, 2.05) is 41.5 Å². The predicted octanol–water partition coefficient (Wildman–Crippen LogP) is 2.85. The lowest BCUT2D eigenvalue weighted by molar-refractivity contribution is 1.07. The van der Waals surface area contributed by atoms with Crippen molar-refractivity contribution in [2.45, 2.75) is 6.92 Å². The molecule has 18 heavy (non-hydrogen) atoms. The molecule has 4 nitrogen and oxygen atoms in total. The van der Waals surface area contributed by atoms with Crippen molar-refractivity contribution in [2.24, 2.45) is 0 Å². The molecule has 0 unspecified atom stereocenters. The van der Waals surface area contributed by atoms with Crippen LogP contribution in [-0.4, -0.2) is 21.1 Å². The fraction of sp³-hybridized carbons (Fsp3) is 0.143. The maximum atomic E-state index is 4.39. The van der Waals surface area contributed by atoms with E-state index < -0.39 is 0 Å². The van der Waals surface area contributed by atoms with Crippen molar-refractivity contribution in [1.82, 2.24) is 14.5 Å². The molecule has 1 aromatic carbocycles. The van der Waals surface area contributed by atoms with E-state index in [-0.39, 0.29) is 0 Å². The zero-order valence-corrected chi connectivity index (χ0v) is 10.2. The highest BCUT2D eigenvalue weighted by molar-refractivity contribution is 5.77. The fourth-order valence-corrected chi connectivity index (χ4v) is 2.03. The molecular weight excluding hydrogens is 224 g/mol. The molecule has 0 amide bonds. The van der Waals surface area contributed by atoms with Crippen molar-refractivity contribution >= 4 is 16.7 Å². The Bertz CT molecular complexity index is 672. The van der Waals surface area contributed by atoms with Crippen LogP contribution in [0.5, 0.6) is 0 Å². The maximum absolute atomic E-state index is 4.39. The topological polar surface area (TPSA) is 42.7 Å². The summed E-state index contributed by atoms with van der Waals surface area (Å²) in [5, 5.41) is 3.26. The van der Waals surface area contributed by atoms with Gasteiger partial charge in [-0.2, -0.15) is 0 Å². The highest BCUT2D eigenvalue weighted by Crippen LogP contribution is 2.19. The molecule has 0 atom stereocenters. The number of nitrogens with zero attached hydrogens (tertiary/aromatic N) is 3. The molecule has 0 bridgehead atoms. The molecule has 0 saturated carbocycles. The van der Waals surface area contributed by atoms with Gasteiger partial charge in [0.25, 0.3) is 0 Å². The summed E-state index contributed by atoms with van der Waals surface area (Å²) in [6.45, 7) is 2.95. The van der Waals surface area contributed by atoms with E-state index >= 15 is 0 Å². The molecule has 0 radical (unpaired) electrons. The van der Waals surface area contributed by atoms with Gasteiger partial charge in [0, 0.05) is 6.54 Å². The number of hydrogen-bond donors (Lipinski definition) is 1. The Balaban J connectivity index is 2.11. The lowest BCUT2D eigenvalue weighted by Crippen LogP contribution is -1.99. The van der Waals surface area contributed by atoms with Crippen molar-refractivity contribution in [2.75, 3.05) is 11.9 Å². The molecule has 2 heterocycles. The number of aromatic nitrogens is 3. The van der Waals surface area contributed by atoms with Gasteiger partial charge >= 0.3 is 0 Å². The minimum Gasteiger partial charge on any atom is -0.384 e. The van der Waals surface area contributed by atoms with E-state index in [2.05, 4.69) is 34.3 Å². The van der Waals surface area contributed by atoms with Crippen LogP contribution in [0.1, 0.15) is 6.92 Å². The maximum Gasteiger partial charge on any atom is 0.100 e. The van der Waals surface area contributed by atoms with E-state index in [4.69, 9.17) is 0 Å². The summed E-state index contributed by atoms with van der Waals surface area (Å²) >= 11 is 0. The van der Waals surface area contributed by atoms with Crippen molar-refractivity contribution in [1.29, 1.82) is 0 Å². The quantitative estimate of drug-likeness (QED) is 0.763. The van der Waals surface area contributed by atoms with Gasteiger partial charge in [0.15, 0.2) is 0 Å². The first-order valence-corrected chi connectivity index (χ1v) is 6.00. The molecular formula is C14H14N4. The Morgan fingerprint density at radius 2 is 2.11 bits per heavy atom. The molecule has 4 heteroatoms. The molecule has 90 valence electrons. The van der Waals surface area contributed by atoms with Crippen molar-refractivity contribution < 1.29 is 0 Å². The summed E-state index contributed by atoms with van der Waals surface area (Å²) in [7, 11) is 0. The normalized spacial score (nSPS) is 10.7. The van der Waals surface area contributed by atoms with Crippen LogP contribution in [0.25, 0.3) is 16.7 Å². The van der Waals surface area contributed by atoms with Crippen molar-refractivity contribution in [3.05, 3.63) is 49.1 Å². The minimum atomic E-state index is 0.885. The summed E-state index contributed by atoms with van der Waals surface area (Å²) in [6.07, 6.45) is 5.50. The lowest BCUT2D eigenvalue weighted by atomic mass is 10.3. The third-order valence-electron chi connectivity index (χ3n) is 2.84. The Kier molecular flexibility index (Phi) is 2.68. The second kappa shape index (κ2) is 4.49. The number of rotatable bonds is 3. The number of benzene rings is 1. The number of pyridine rings is 1. The number of hydrogen-bond acceptors (Lipinski definition) is 3. The number of anilines is 1. The average Bonchev–Trinajstić information content (AvgIpc) is 2.83. The zero-order chi connectivity index (χ0) is 12.4. The van der Waals surface area contributed by atoms with Crippen LogP contribution in [0, 0.1) is 0 Å². The molecule has 0 aliphatic carbocycles. The molecule has 3 rings (SSSR count). The van der Waals surface area contributed by atoms with Crippen LogP contribution in [0.2, 0.25) is 0 Å². The molecule has 2 aromatic heterocycles. The van der Waals surface area contributed by atoms with Gasteiger partial charge in [-0.1, -0.05) is 12.1 Å². The number of para-hydroxylation sites is 2. The standard InChI is InChI=1S/C14H14N4/c1-2-16-11-7-12(9-15-8-11)18-10-17-13-5-3-4-6-14(13)18/h3-10,16H,2H2,1H3. The first-order chi connectivity index (χ1) is 8.88. The minimum absolute atomic E-state index is 0.885. The molecule has 0 fully saturated rings. The Labute approximate surface area is 105 Å². The van der Waals surface area contributed by atoms with Gasteiger partial charge in [0.05, 0.1) is 34.8 Å². The molecule has 3 aromatic rings. The second-order valence-electron chi connectivity index (χ2n) is 4.07. The van der Waals surface area contributed by atoms with Gasteiger partial charge in [-0.05, 0) is 25.1 Å². The van der Waals surface area contributed by atoms with Gasteiger partial charge < -0.3 is 5.32 Å². The van der Waals surface area contributed by atoms with Crippen LogP contribution in [-0.2, 0) is 0 Å². The Morgan fingerprint density at radius 1 is 1.22 bits per heavy atom. The van der Waals surface area contributed by atoms with E-state index in [0.717, 1.165) is 29.0 Å². The van der Waals surface area contributed by atoms with Gasteiger partial charge in [0.2, 0.25) is 0 Å². The highest BCUT2D eigenvalue weighted by atomic mass is 15.1. The van der Waals surface area contributed by atoms with Gasteiger partial charge in [-0.15, -0.1) is 0 Å². The SMILES string of the molecule is CCNc1cncc(-n2cnc3ccccc32)c1. The second-order valence-corrected chi connectivity index (χ2v) is 4.07. The van der Waals surface area contributed by atoms with Gasteiger partial charge in [-0.3, -0.25) is 9.55 Å². The smallest absolute Gasteiger partial charge is 0.100 e. The van der Waals surface area contributed by atoms with Crippen molar-refractivity contribution in [3.8, 4) is 5.69 Å². The summed E-state index contributed by atoms with van der Waals surface area (Å²) in [5.74, 6) is 0. The van der Waals surface area contributed by atoms with Crippen LogP contribution >= 0.6 is 0 Å². The van der Waals surface area contributed by atoms with E-state index in [0.29, 0.717) is 0 Å². The molecule has 1 N–H and O–H groups in total. The van der Waals surface area contributed by atoms with Gasteiger partial charge in [-0.25, -0.2) is 4.98 Å². The number of nitrogens with one attached hydrogen (secondary N) is 1. The summed E-state index contributed by atoms with van der Waals surface area (Å²) in [6, 6.07) is 10.1. The predicted molar refractivity (Wildman–Crippen MR) is 73.0 cm³/mol. The zero-order valence-electron chi connectivity index (χ0n) is 10.2. The lowest BCUT2D eigenvalue weighted by Gasteiger charge is -2.07. The van der Waals surface area contributed by atoms with E-state index in [9.17, 15) is 0 Å². The average molecular weight is 238 g/mol. The van der Waals surface area contributed by atoms with Crippen LogP contribution in [0.3, 0.4) is 0 Å². The van der Waals surface area contributed by atoms with E-state index in [1.54, 1.807) is 0 Å². The van der Waals surface area contributed by atoms with E-state index in [1.165, 1.54) is 0 Å². The third-order valence-corrected chi connectivity index (χ3v) is 2.84. The highest BCUT2D eigenvalue weighted by Gasteiger charge is 2.04. The summed E-state index contributed by atoms with van der Waals surface area (Å²) in [5.41, 5.74) is 4.12. The third kappa shape index (κ3) is 1.82. The molecule has 0 aliphatic heterocycles. The first-order valence-electron chi connectivity index (χ1n) is 6.00. The number of imidazole rings is 1. The summed E-state index contributed by atoms with van der Waals surface area (Å²) < 4.78 is 2.04. The fourth-order valence-electron chi connectivity index (χ4n) is 2.03. The molecule has 0 saturated heterocycles. The van der Waals surface area contributed by atoms with Crippen LogP contribution in [0.15, 0.2) is 49.1 Å². The first kappa shape index (κ1) is 10.8. The van der Waals surface area contributed by atoms with Crippen LogP contribution < -0.4 is 5.32 Å². The Morgan fingerprint density at radius 3 is 3.00 bits per heavy atom. The summed E-state index contributed by atoms with van der Waals surface area (Å²) in [4.78, 5) is 8.64. The largest absolute Gasteiger partial charge is 0.384 e. The molecule has 0 spiro atoms. The Hall–Kier alpha value is -2.36. The van der Waals surface area contributed by atoms with Gasteiger partial charge in [0.1, 0.15) is 6.33 Å². The van der Waals surface area contributed by atoms with Crippen molar-refractivity contribution in [3.63, 3.8) is 0 Å².